The average molecular weight is 156 g/mol. The molecule has 0 aliphatic carbocycles. The monoisotopic (exact) mass is 156 g/mol. The van der Waals surface area contributed by atoms with Crippen LogP contribution in [0.15, 0.2) is 6.20 Å². The van der Waals surface area contributed by atoms with E-state index in [9.17, 15) is 0 Å². The fraction of sp³-hybridized carbons (Fsp3) is 0.333. The molecule has 0 atom stereocenters. The Morgan fingerprint density at radius 3 is 2.90 bits per heavy atom. The van der Waals surface area contributed by atoms with Gasteiger partial charge in [-0.3, -0.25) is 0 Å². The zero-order valence-corrected chi connectivity index (χ0v) is 6.66. The maximum Gasteiger partial charge on any atom is 0.171 e. The molecule has 0 spiro atoms. The van der Waals surface area contributed by atoms with E-state index in [1.807, 2.05) is 6.92 Å². The van der Waals surface area contributed by atoms with Gasteiger partial charge in [0.05, 0.1) is 13.3 Å². The number of aryl methyl sites for hydroxylation is 1. The summed E-state index contributed by atoms with van der Waals surface area (Å²) in [5.74, 6) is 1.41. The zero-order chi connectivity index (χ0) is 7.56. The van der Waals surface area contributed by atoms with E-state index >= 15 is 0 Å². The van der Waals surface area contributed by atoms with E-state index in [-0.39, 0.29) is 0 Å². The topological polar surface area (TPSA) is 37.9 Å². The summed E-state index contributed by atoms with van der Waals surface area (Å²) < 4.78 is 5.49. The molecule has 10 heavy (non-hydrogen) atoms. The summed E-state index contributed by atoms with van der Waals surface area (Å²) in [4.78, 5) is 6.83. The lowest BCUT2D eigenvalue weighted by Crippen LogP contribution is -1.91. The van der Waals surface area contributed by atoms with E-state index in [0.717, 1.165) is 5.82 Å². The molecule has 4 heteroatoms. The van der Waals surface area contributed by atoms with Crippen LogP contribution in [0.1, 0.15) is 5.82 Å². The highest BCUT2D eigenvalue weighted by Crippen LogP contribution is 2.07. The first kappa shape index (κ1) is 7.21. The SMILES string of the molecule is COc1cnc(C)[nH]c1=S. The lowest BCUT2D eigenvalue weighted by molar-refractivity contribution is 0.408. The highest BCUT2D eigenvalue weighted by Gasteiger charge is 1.93. The fourth-order valence-corrected chi connectivity index (χ4v) is 0.901. The van der Waals surface area contributed by atoms with Gasteiger partial charge < -0.3 is 9.72 Å². The Morgan fingerprint density at radius 1 is 1.70 bits per heavy atom. The predicted molar refractivity (Wildman–Crippen MR) is 40.7 cm³/mol. The number of ether oxygens (including phenoxy) is 1. The first-order chi connectivity index (χ1) is 4.74. The number of hydrogen-bond donors (Lipinski definition) is 1. The van der Waals surface area contributed by atoms with Crippen molar-refractivity contribution in [3.05, 3.63) is 16.7 Å². The van der Waals surface area contributed by atoms with Gasteiger partial charge in [-0.2, -0.15) is 0 Å². The van der Waals surface area contributed by atoms with E-state index in [4.69, 9.17) is 17.0 Å². The molecule has 0 aliphatic heterocycles. The maximum atomic E-state index is 4.92. The molecule has 0 unspecified atom stereocenters. The summed E-state index contributed by atoms with van der Waals surface area (Å²) in [7, 11) is 1.57. The van der Waals surface area contributed by atoms with Crippen molar-refractivity contribution in [1.82, 2.24) is 9.97 Å². The third-order valence-electron chi connectivity index (χ3n) is 1.11. The molecule has 0 radical (unpaired) electrons. The maximum absolute atomic E-state index is 4.92. The molecule has 1 N–H and O–H groups in total. The molecular formula is C6H8N2OS. The predicted octanol–water partition coefficient (Wildman–Crippen LogP) is 1.46. The molecule has 0 saturated heterocycles. The van der Waals surface area contributed by atoms with Crippen LogP contribution in [0.25, 0.3) is 0 Å². The molecule has 0 amide bonds. The zero-order valence-electron chi connectivity index (χ0n) is 5.84. The number of aromatic nitrogens is 2. The number of methoxy groups -OCH3 is 1. The Kier molecular flexibility index (Phi) is 2.01. The molecule has 54 valence electrons. The lowest BCUT2D eigenvalue weighted by atomic mass is 10.6. The molecule has 0 fully saturated rings. The van der Waals surface area contributed by atoms with E-state index in [0.29, 0.717) is 10.4 Å². The van der Waals surface area contributed by atoms with Crippen molar-refractivity contribution in [2.45, 2.75) is 6.92 Å². The van der Waals surface area contributed by atoms with Crippen molar-refractivity contribution in [2.24, 2.45) is 0 Å². The van der Waals surface area contributed by atoms with Crippen LogP contribution in [0.5, 0.6) is 5.75 Å². The first-order valence-electron chi connectivity index (χ1n) is 2.84. The third-order valence-corrected chi connectivity index (χ3v) is 1.42. The second-order valence-corrected chi connectivity index (χ2v) is 2.27. The van der Waals surface area contributed by atoms with Crippen LogP contribution >= 0.6 is 12.2 Å². The number of rotatable bonds is 1. The highest BCUT2D eigenvalue weighted by molar-refractivity contribution is 7.71. The summed E-state index contributed by atoms with van der Waals surface area (Å²) in [6.07, 6.45) is 1.61. The Balaban J connectivity index is 3.20. The second-order valence-electron chi connectivity index (χ2n) is 1.87. The first-order valence-corrected chi connectivity index (χ1v) is 3.25. The molecule has 1 aromatic heterocycles. The van der Waals surface area contributed by atoms with E-state index in [2.05, 4.69) is 9.97 Å². The quantitative estimate of drug-likeness (QED) is 0.625. The van der Waals surface area contributed by atoms with Crippen LogP contribution < -0.4 is 4.74 Å². The van der Waals surface area contributed by atoms with E-state index < -0.39 is 0 Å². The number of nitrogens with one attached hydrogen (secondary N) is 1. The molecule has 0 aliphatic rings. The summed E-state index contributed by atoms with van der Waals surface area (Å²) in [6, 6.07) is 0. The Bertz CT molecular complexity index is 281. The third kappa shape index (κ3) is 1.33. The minimum atomic E-state index is 0.593. The summed E-state index contributed by atoms with van der Waals surface area (Å²) >= 11 is 4.92. The van der Waals surface area contributed by atoms with Gasteiger partial charge in [-0.15, -0.1) is 0 Å². The molecule has 0 aromatic carbocycles. The summed E-state index contributed by atoms with van der Waals surface area (Å²) in [5, 5.41) is 0. The van der Waals surface area contributed by atoms with Gasteiger partial charge in [0.1, 0.15) is 10.5 Å². The van der Waals surface area contributed by atoms with Crippen molar-refractivity contribution in [3.63, 3.8) is 0 Å². The van der Waals surface area contributed by atoms with Crippen molar-refractivity contribution in [1.29, 1.82) is 0 Å². The summed E-state index contributed by atoms with van der Waals surface area (Å²) in [5.41, 5.74) is 0. The normalized spacial score (nSPS) is 9.40. The van der Waals surface area contributed by atoms with Gasteiger partial charge in [-0.25, -0.2) is 4.98 Å². The van der Waals surface area contributed by atoms with Crippen molar-refractivity contribution in [3.8, 4) is 5.75 Å². The summed E-state index contributed by atoms with van der Waals surface area (Å²) in [6.45, 7) is 1.84. The Labute approximate surface area is 64.1 Å². The van der Waals surface area contributed by atoms with Crippen LogP contribution in [0.3, 0.4) is 0 Å². The van der Waals surface area contributed by atoms with E-state index in [1.165, 1.54) is 0 Å². The van der Waals surface area contributed by atoms with Gasteiger partial charge in [0.15, 0.2) is 5.75 Å². The molecule has 1 heterocycles. The standard InChI is InChI=1S/C6H8N2OS/c1-4-7-3-5(9-2)6(10)8-4/h3H,1-2H3,(H,7,8,10). The van der Waals surface area contributed by atoms with Crippen molar-refractivity contribution < 1.29 is 4.74 Å². The Morgan fingerprint density at radius 2 is 2.40 bits per heavy atom. The Hall–Kier alpha value is -0.900. The largest absolute Gasteiger partial charge is 0.492 e. The number of nitrogens with zero attached hydrogens (tertiary/aromatic N) is 1. The van der Waals surface area contributed by atoms with Gasteiger partial charge in [0.2, 0.25) is 0 Å². The van der Waals surface area contributed by atoms with Crippen LogP contribution in [-0.4, -0.2) is 17.1 Å². The lowest BCUT2D eigenvalue weighted by Gasteiger charge is -1.98. The molecule has 0 bridgehead atoms. The van der Waals surface area contributed by atoms with Crippen LogP contribution in [0.2, 0.25) is 0 Å². The highest BCUT2D eigenvalue weighted by atomic mass is 32.1. The molecule has 0 saturated carbocycles. The van der Waals surface area contributed by atoms with Gasteiger partial charge >= 0.3 is 0 Å². The number of aromatic amines is 1. The second kappa shape index (κ2) is 2.79. The molecular weight excluding hydrogens is 148 g/mol. The molecule has 3 nitrogen and oxygen atoms in total. The number of hydrogen-bond acceptors (Lipinski definition) is 3. The van der Waals surface area contributed by atoms with Crippen molar-refractivity contribution >= 4 is 12.2 Å². The van der Waals surface area contributed by atoms with Crippen LogP contribution in [0, 0.1) is 11.6 Å². The number of H-pyrrole nitrogens is 1. The fourth-order valence-electron chi connectivity index (χ4n) is 0.618. The van der Waals surface area contributed by atoms with Gasteiger partial charge in [0, 0.05) is 0 Å². The van der Waals surface area contributed by atoms with Crippen LogP contribution in [-0.2, 0) is 0 Å². The average Bonchev–Trinajstić information content (AvgIpc) is 1.88. The minimum Gasteiger partial charge on any atom is -0.492 e. The van der Waals surface area contributed by atoms with Gasteiger partial charge in [-0.05, 0) is 6.92 Å². The molecule has 1 rings (SSSR count). The van der Waals surface area contributed by atoms with Crippen molar-refractivity contribution in [2.75, 3.05) is 7.11 Å². The van der Waals surface area contributed by atoms with Gasteiger partial charge in [-0.1, -0.05) is 12.2 Å². The van der Waals surface area contributed by atoms with E-state index in [1.54, 1.807) is 13.3 Å². The van der Waals surface area contributed by atoms with Gasteiger partial charge in [0.25, 0.3) is 0 Å². The van der Waals surface area contributed by atoms with Crippen LogP contribution in [0.4, 0.5) is 0 Å². The smallest absolute Gasteiger partial charge is 0.171 e. The molecule has 1 aromatic rings. The minimum absolute atomic E-state index is 0.593.